The number of ether oxygens (including phenoxy) is 1. The van der Waals surface area contributed by atoms with Gasteiger partial charge in [-0.05, 0) is 20.8 Å². The van der Waals surface area contributed by atoms with Crippen molar-refractivity contribution in [3.8, 4) is 0 Å². The third kappa shape index (κ3) is 11.9. The van der Waals surface area contributed by atoms with E-state index in [4.69, 9.17) is 14.9 Å². The lowest BCUT2D eigenvalue weighted by molar-refractivity contribution is -0.156. The van der Waals surface area contributed by atoms with Crippen LogP contribution in [0.15, 0.2) is 0 Å². The van der Waals surface area contributed by atoms with Gasteiger partial charge in [-0.15, -0.1) is 0 Å². The summed E-state index contributed by atoms with van der Waals surface area (Å²) in [6.07, 6.45) is 0. The number of aliphatic carboxylic acids is 2. The van der Waals surface area contributed by atoms with Gasteiger partial charge in [-0.2, -0.15) is 0 Å². The van der Waals surface area contributed by atoms with E-state index in [2.05, 4.69) is 5.32 Å². The Kier molecular flexibility index (Phi) is 10.4. The summed E-state index contributed by atoms with van der Waals surface area (Å²) < 4.78 is 5.38. The maximum atomic E-state index is 12.2. The summed E-state index contributed by atoms with van der Waals surface area (Å²) in [5, 5.41) is 21.5. The van der Waals surface area contributed by atoms with Crippen molar-refractivity contribution in [2.75, 3.05) is 72.0 Å². The average molecular weight is 402 g/mol. The fourth-order valence-electron chi connectivity index (χ4n) is 2.91. The SMILES string of the molecule is CC(C)(C)OC(=O)CN1CCNCCN(CC(=O)O)CCN(CC(=O)O)CC1. The summed E-state index contributed by atoms with van der Waals surface area (Å²) in [6.45, 7) is 9.72. The molecule has 1 rings (SSSR count). The zero-order chi connectivity index (χ0) is 21.2. The molecule has 0 atom stereocenters. The number of carbonyl (C=O) groups is 3. The van der Waals surface area contributed by atoms with Gasteiger partial charge in [-0.3, -0.25) is 29.1 Å². The lowest BCUT2D eigenvalue weighted by Gasteiger charge is -2.30. The molecule has 0 amide bonds. The van der Waals surface area contributed by atoms with Gasteiger partial charge in [-0.1, -0.05) is 0 Å². The van der Waals surface area contributed by atoms with Gasteiger partial charge in [0.15, 0.2) is 0 Å². The Bertz CT molecular complexity index is 523. The zero-order valence-electron chi connectivity index (χ0n) is 17.1. The van der Waals surface area contributed by atoms with Crippen LogP contribution in [0, 0.1) is 0 Å². The van der Waals surface area contributed by atoms with Gasteiger partial charge in [0.2, 0.25) is 0 Å². The Balaban J connectivity index is 2.71. The van der Waals surface area contributed by atoms with E-state index < -0.39 is 17.5 Å². The molecule has 0 spiro atoms. The van der Waals surface area contributed by atoms with Gasteiger partial charge >= 0.3 is 17.9 Å². The van der Waals surface area contributed by atoms with Crippen LogP contribution in [0.2, 0.25) is 0 Å². The van der Waals surface area contributed by atoms with Crippen molar-refractivity contribution in [3.63, 3.8) is 0 Å². The normalized spacial score (nSPS) is 19.4. The molecule has 0 saturated carbocycles. The molecule has 0 radical (unpaired) electrons. The minimum Gasteiger partial charge on any atom is -0.480 e. The number of nitrogens with one attached hydrogen (secondary N) is 1. The van der Waals surface area contributed by atoms with Crippen molar-refractivity contribution < 1.29 is 29.3 Å². The molecule has 1 heterocycles. The molecule has 10 nitrogen and oxygen atoms in total. The molecule has 28 heavy (non-hydrogen) atoms. The Morgan fingerprint density at radius 1 is 0.786 bits per heavy atom. The topological polar surface area (TPSA) is 123 Å². The second-order valence-electron chi connectivity index (χ2n) is 7.95. The van der Waals surface area contributed by atoms with Crippen LogP contribution < -0.4 is 5.32 Å². The molecule has 10 heteroatoms. The van der Waals surface area contributed by atoms with E-state index >= 15 is 0 Å². The van der Waals surface area contributed by atoms with E-state index in [1.54, 1.807) is 9.80 Å². The van der Waals surface area contributed by atoms with Gasteiger partial charge in [-0.25, -0.2) is 0 Å². The molecular formula is C18H34N4O6. The fourth-order valence-corrected chi connectivity index (χ4v) is 2.91. The average Bonchev–Trinajstić information content (AvgIpc) is 2.52. The van der Waals surface area contributed by atoms with E-state index in [0.717, 1.165) is 0 Å². The molecular weight excluding hydrogens is 368 g/mol. The monoisotopic (exact) mass is 402 g/mol. The summed E-state index contributed by atoms with van der Waals surface area (Å²) in [6, 6.07) is 0. The van der Waals surface area contributed by atoms with Crippen LogP contribution in [0.3, 0.4) is 0 Å². The molecule has 0 unspecified atom stereocenters. The molecule has 0 aromatic rings. The standard InChI is InChI=1S/C18H34N4O6/c1-18(2,3)28-17(27)14-21-7-5-19-4-6-20(12-15(23)24)8-10-22(11-9-21)13-16(25)26/h19H,4-14H2,1-3H3,(H,23,24)(H,25,26). The number of carbonyl (C=O) groups excluding carboxylic acids is 1. The molecule has 3 N–H and O–H groups in total. The maximum absolute atomic E-state index is 12.2. The molecule has 0 aromatic heterocycles. The predicted molar refractivity (Wildman–Crippen MR) is 103 cm³/mol. The highest BCUT2D eigenvalue weighted by Gasteiger charge is 2.21. The Labute approximate surface area is 166 Å². The van der Waals surface area contributed by atoms with Crippen LogP contribution in [0.4, 0.5) is 0 Å². The highest BCUT2D eigenvalue weighted by atomic mass is 16.6. The first-order chi connectivity index (χ1) is 13.0. The predicted octanol–water partition coefficient (Wildman–Crippen LogP) is -0.993. The van der Waals surface area contributed by atoms with Crippen molar-refractivity contribution in [2.45, 2.75) is 26.4 Å². The van der Waals surface area contributed by atoms with Gasteiger partial charge in [0.1, 0.15) is 5.60 Å². The lowest BCUT2D eigenvalue weighted by Crippen LogP contribution is -2.48. The van der Waals surface area contributed by atoms with Gasteiger partial charge < -0.3 is 20.3 Å². The third-order valence-electron chi connectivity index (χ3n) is 4.16. The van der Waals surface area contributed by atoms with Crippen LogP contribution in [0.5, 0.6) is 0 Å². The molecule has 1 saturated heterocycles. The second-order valence-corrected chi connectivity index (χ2v) is 7.95. The molecule has 162 valence electrons. The number of carboxylic acids is 2. The quantitative estimate of drug-likeness (QED) is 0.477. The smallest absolute Gasteiger partial charge is 0.320 e. The Morgan fingerprint density at radius 3 is 1.57 bits per heavy atom. The van der Waals surface area contributed by atoms with Crippen molar-refractivity contribution in [1.82, 2.24) is 20.0 Å². The van der Waals surface area contributed by atoms with Gasteiger partial charge in [0.25, 0.3) is 0 Å². The summed E-state index contributed by atoms with van der Waals surface area (Å²) in [5.74, 6) is -2.14. The van der Waals surface area contributed by atoms with E-state index in [1.165, 1.54) is 0 Å². The van der Waals surface area contributed by atoms with Gasteiger partial charge in [0, 0.05) is 52.4 Å². The van der Waals surface area contributed by atoms with E-state index in [1.807, 2.05) is 25.7 Å². The first-order valence-corrected chi connectivity index (χ1v) is 9.58. The van der Waals surface area contributed by atoms with Crippen LogP contribution >= 0.6 is 0 Å². The second kappa shape index (κ2) is 11.9. The van der Waals surface area contributed by atoms with Gasteiger partial charge in [0.05, 0.1) is 19.6 Å². The molecule has 1 fully saturated rings. The first-order valence-electron chi connectivity index (χ1n) is 9.58. The number of hydrogen-bond acceptors (Lipinski definition) is 8. The number of carboxylic acid groups (broad SMARTS) is 2. The van der Waals surface area contributed by atoms with Crippen molar-refractivity contribution in [1.29, 1.82) is 0 Å². The highest BCUT2D eigenvalue weighted by Crippen LogP contribution is 2.07. The fraction of sp³-hybridized carbons (Fsp3) is 0.833. The highest BCUT2D eigenvalue weighted by molar-refractivity contribution is 5.72. The van der Waals surface area contributed by atoms with Crippen molar-refractivity contribution in [2.24, 2.45) is 0 Å². The van der Waals surface area contributed by atoms with E-state index in [-0.39, 0.29) is 25.6 Å². The first kappa shape index (κ1) is 24.3. The van der Waals surface area contributed by atoms with Crippen molar-refractivity contribution in [3.05, 3.63) is 0 Å². The van der Waals surface area contributed by atoms with E-state index in [0.29, 0.717) is 52.4 Å². The number of esters is 1. The van der Waals surface area contributed by atoms with Crippen LogP contribution in [-0.2, 0) is 19.1 Å². The van der Waals surface area contributed by atoms with Crippen molar-refractivity contribution >= 4 is 17.9 Å². The van der Waals surface area contributed by atoms with Crippen LogP contribution in [-0.4, -0.2) is 120 Å². The van der Waals surface area contributed by atoms with Crippen LogP contribution in [0.25, 0.3) is 0 Å². The zero-order valence-corrected chi connectivity index (χ0v) is 17.1. The third-order valence-corrected chi connectivity index (χ3v) is 4.16. The molecule has 0 aliphatic carbocycles. The Morgan fingerprint density at radius 2 is 1.18 bits per heavy atom. The summed E-state index contributed by atoms with van der Waals surface area (Å²) in [4.78, 5) is 39.9. The molecule has 0 bridgehead atoms. The lowest BCUT2D eigenvalue weighted by atomic mass is 10.2. The Hall–Kier alpha value is -1.75. The minimum atomic E-state index is -0.933. The molecule has 1 aliphatic heterocycles. The van der Waals surface area contributed by atoms with E-state index in [9.17, 15) is 14.4 Å². The summed E-state index contributed by atoms with van der Waals surface area (Å²) >= 11 is 0. The number of rotatable bonds is 6. The van der Waals surface area contributed by atoms with Crippen LogP contribution in [0.1, 0.15) is 20.8 Å². The molecule has 1 aliphatic rings. The minimum absolute atomic E-state index is 0.0760. The number of nitrogens with zero attached hydrogens (tertiary/aromatic N) is 3. The molecule has 0 aromatic carbocycles. The number of hydrogen-bond donors (Lipinski definition) is 3. The maximum Gasteiger partial charge on any atom is 0.320 e. The largest absolute Gasteiger partial charge is 0.480 e. The summed E-state index contributed by atoms with van der Waals surface area (Å²) in [5.41, 5.74) is -0.551. The summed E-state index contributed by atoms with van der Waals surface area (Å²) in [7, 11) is 0.